The van der Waals surface area contributed by atoms with Gasteiger partial charge in [-0.1, -0.05) is 12.1 Å². The Balaban J connectivity index is 2.16. The van der Waals surface area contributed by atoms with Gasteiger partial charge in [-0.25, -0.2) is 9.78 Å². The Kier molecular flexibility index (Phi) is 11.6. The van der Waals surface area contributed by atoms with Crippen LogP contribution in [0.2, 0.25) is 0 Å². The van der Waals surface area contributed by atoms with E-state index in [4.69, 9.17) is 10.8 Å². The second-order valence-electron chi connectivity index (χ2n) is 8.39. The molecule has 14 nitrogen and oxygen atoms in total. The number of carbonyl (C=O) groups excluding carboxylic acids is 3. The number of amides is 3. The molecule has 1 aromatic carbocycles. The fourth-order valence-corrected chi connectivity index (χ4v) is 3.60. The van der Waals surface area contributed by atoms with Crippen LogP contribution in [0.25, 0.3) is 0 Å². The summed E-state index contributed by atoms with van der Waals surface area (Å²) in [7, 11) is 0. The van der Waals surface area contributed by atoms with Gasteiger partial charge < -0.3 is 42.0 Å². The number of aromatic amines is 1. The molecule has 0 aliphatic carbocycles. The van der Waals surface area contributed by atoms with Crippen molar-refractivity contribution in [2.45, 2.75) is 49.9 Å². The molecule has 4 atom stereocenters. The van der Waals surface area contributed by atoms with E-state index in [2.05, 4.69) is 38.5 Å². The zero-order valence-electron chi connectivity index (χ0n) is 20.2. The quantitative estimate of drug-likeness (QED) is 0.117. The van der Waals surface area contributed by atoms with Crippen molar-refractivity contribution in [2.75, 3.05) is 5.75 Å². The number of hydrogen-bond acceptors (Lipinski definition) is 9. The predicted octanol–water partition coefficient (Wildman–Crippen LogP) is -1.44. The summed E-state index contributed by atoms with van der Waals surface area (Å²) in [6, 6.07) is 0.924. The SMILES string of the molecule is NC(Cc1ccc(O)cc1)C(=O)NC(CCC(=O)O)C(=O)NC(Cc1cnc[nH]1)C(=O)NC(CS)C(=O)O. The highest BCUT2D eigenvalue weighted by molar-refractivity contribution is 7.80. The Bertz CT molecular complexity index is 1110. The van der Waals surface area contributed by atoms with Crippen molar-refractivity contribution in [2.24, 2.45) is 5.73 Å². The van der Waals surface area contributed by atoms with Gasteiger partial charge in [0.15, 0.2) is 0 Å². The maximum absolute atomic E-state index is 13.1. The Morgan fingerprint density at radius 2 is 1.53 bits per heavy atom. The van der Waals surface area contributed by atoms with Crippen LogP contribution in [-0.2, 0) is 36.8 Å². The summed E-state index contributed by atoms with van der Waals surface area (Å²) in [6.07, 6.45) is 1.97. The molecule has 3 amide bonds. The van der Waals surface area contributed by atoms with Crippen LogP contribution in [0.1, 0.15) is 24.1 Å². The number of aromatic nitrogens is 2. The molecule has 2 rings (SSSR count). The number of H-pyrrole nitrogens is 1. The Labute approximate surface area is 222 Å². The number of benzene rings is 1. The van der Waals surface area contributed by atoms with Crippen LogP contribution in [0.5, 0.6) is 5.75 Å². The first kappa shape index (κ1) is 30.1. The Morgan fingerprint density at radius 3 is 2.08 bits per heavy atom. The van der Waals surface area contributed by atoms with Gasteiger partial charge in [-0.2, -0.15) is 12.6 Å². The molecule has 0 fully saturated rings. The first-order valence-corrected chi connectivity index (χ1v) is 12.1. The van der Waals surface area contributed by atoms with Crippen LogP contribution in [0.3, 0.4) is 0 Å². The van der Waals surface area contributed by atoms with Gasteiger partial charge in [-0.05, 0) is 30.5 Å². The first-order valence-electron chi connectivity index (χ1n) is 11.5. The summed E-state index contributed by atoms with van der Waals surface area (Å²) in [5.74, 6) is -5.14. The lowest BCUT2D eigenvalue weighted by atomic mass is 10.0. The molecule has 15 heteroatoms. The lowest BCUT2D eigenvalue weighted by Gasteiger charge is -2.24. The number of aliphatic carboxylic acids is 2. The van der Waals surface area contributed by atoms with Crippen molar-refractivity contribution >= 4 is 42.3 Å². The third kappa shape index (κ3) is 9.74. The summed E-state index contributed by atoms with van der Waals surface area (Å²) < 4.78 is 0. The van der Waals surface area contributed by atoms with E-state index in [1.165, 1.54) is 24.7 Å². The van der Waals surface area contributed by atoms with E-state index in [0.717, 1.165) is 0 Å². The molecule has 0 saturated heterocycles. The third-order valence-corrected chi connectivity index (χ3v) is 5.78. The highest BCUT2D eigenvalue weighted by Gasteiger charge is 2.30. The number of hydrogen-bond donors (Lipinski definition) is 9. The minimum Gasteiger partial charge on any atom is -0.508 e. The molecule has 0 aliphatic rings. The molecular formula is C23H30N6O8S. The molecule has 38 heavy (non-hydrogen) atoms. The van der Waals surface area contributed by atoms with Crippen molar-refractivity contribution < 1.29 is 39.3 Å². The van der Waals surface area contributed by atoms with Crippen LogP contribution in [0.15, 0.2) is 36.8 Å². The smallest absolute Gasteiger partial charge is 0.327 e. The van der Waals surface area contributed by atoms with Crippen LogP contribution in [0, 0.1) is 0 Å². The number of nitrogens with zero attached hydrogens (tertiary/aromatic N) is 1. The first-order chi connectivity index (χ1) is 18.0. The summed E-state index contributed by atoms with van der Waals surface area (Å²) in [5, 5.41) is 34.9. The number of phenolic OH excluding ortho intramolecular Hbond substituents is 1. The van der Waals surface area contributed by atoms with Gasteiger partial charge in [-0.15, -0.1) is 0 Å². The largest absolute Gasteiger partial charge is 0.508 e. The molecule has 0 spiro atoms. The number of nitrogens with two attached hydrogens (primary N) is 1. The summed E-state index contributed by atoms with van der Waals surface area (Å²) >= 11 is 3.91. The lowest BCUT2D eigenvalue weighted by molar-refractivity contribution is -0.141. The summed E-state index contributed by atoms with van der Waals surface area (Å²) in [4.78, 5) is 67.8. The predicted molar refractivity (Wildman–Crippen MR) is 136 cm³/mol. The van der Waals surface area contributed by atoms with Gasteiger partial charge in [-0.3, -0.25) is 19.2 Å². The van der Waals surface area contributed by atoms with Crippen LogP contribution < -0.4 is 21.7 Å². The van der Waals surface area contributed by atoms with Crippen molar-refractivity contribution in [3.8, 4) is 5.75 Å². The molecule has 9 N–H and O–H groups in total. The van der Waals surface area contributed by atoms with Crippen molar-refractivity contribution in [3.05, 3.63) is 48.0 Å². The highest BCUT2D eigenvalue weighted by atomic mass is 32.1. The maximum Gasteiger partial charge on any atom is 0.327 e. The molecule has 0 radical (unpaired) electrons. The van der Waals surface area contributed by atoms with E-state index in [9.17, 15) is 34.2 Å². The van der Waals surface area contributed by atoms with Crippen molar-refractivity contribution in [1.82, 2.24) is 25.9 Å². The fourth-order valence-electron chi connectivity index (χ4n) is 3.35. The van der Waals surface area contributed by atoms with Crippen LogP contribution >= 0.6 is 12.6 Å². The molecular weight excluding hydrogens is 520 g/mol. The van der Waals surface area contributed by atoms with Gasteiger partial charge in [0.1, 0.15) is 23.9 Å². The van der Waals surface area contributed by atoms with Gasteiger partial charge in [0.05, 0.1) is 12.4 Å². The molecule has 206 valence electrons. The number of aromatic hydroxyl groups is 1. The standard InChI is InChI=1S/C23H30N6O8S/c24-15(7-12-1-3-14(30)4-2-12)20(33)27-16(5-6-19(31)32)21(34)28-17(8-13-9-25-11-26-13)22(35)29-18(10-38)23(36)37/h1-4,9,11,15-18,30,38H,5-8,10,24H2,(H,25,26)(H,27,33)(H,28,34)(H,29,35)(H,31,32)(H,36,37). The van der Waals surface area contributed by atoms with Gasteiger partial charge in [0.25, 0.3) is 0 Å². The van der Waals surface area contributed by atoms with E-state index < -0.39 is 60.2 Å². The second kappa shape index (κ2) is 14.6. The maximum atomic E-state index is 13.1. The Morgan fingerprint density at radius 1 is 0.921 bits per heavy atom. The topological polar surface area (TPSA) is 237 Å². The van der Waals surface area contributed by atoms with Gasteiger partial charge in [0.2, 0.25) is 17.7 Å². The molecule has 0 aliphatic heterocycles. The van der Waals surface area contributed by atoms with E-state index in [-0.39, 0.29) is 30.8 Å². The third-order valence-electron chi connectivity index (χ3n) is 5.42. The van der Waals surface area contributed by atoms with E-state index in [1.807, 2.05) is 0 Å². The zero-order chi connectivity index (χ0) is 28.2. The zero-order valence-corrected chi connectivity index (χ0v) is 21.1. The number of imidazole rings is 1. The average Bonchev–Trinajstić information content (AvgIpc) is 3.38. The van der Waals surface area contributed by atoms with Crippen LogP contribution in [0.4, 0.5) is 0 Å². The van der Waals surface area contributed by atoms with Crippen molar-refractivity contribution in [3.63, 3.8) is 0 Å². The molecule has 1 heterocycles. The molecule has 1 aromatic heterocycles. The molecule has 0 saturated carbocycles. The lowest BCUT2D eigenvalue weighted by Crippen LogP contribution is -2.58. The number of rotatable bonds is 15. The van der Waals surface area contributed by atoms with Crippen molar-refractivity contribution in [1.29, 1.82) is 0 Å². The van der Waals surface area contributed by atoms with E-state index in [1.54, 1.807) is 12.1 Å². The number of phenols is 1. The number of carbonyl (C=O) groups is 5. The monoisotopic (exact) mass is 550 g/mol. The molecule has 2 aromatic rings. The van der Waals surface area contributed by atoms with Gasteiger partial charge in [0, 0.05) is 30.5 Å². The fraction of sp³-hybridized carbons (Fsp3) is 0.391. The summed E-state index contributed by atoms with van der Waals surface area (Å²) in [6.45, 7) is 0. The van der Waals surface area contributed by atoms with E-state index >= 15 is 0 Å². The Hall–Kier alpha value is -4.11. The number of carboxylic acids is 2. The average molecular weight is 551 g/mol. The summed E-state index contributed by atoms with van der Waals surface area (Å²) in [5.41, 5.74) is 7.06. The van der Waals surface area contributed by atoms with Gasteiger partial charge >= 0.3 is 11.9 Å². The number of thiol groups is 1. The minimum atomic E-state index is -1.36. The normalized spacial score (nSPS) is 13.9. The minimum absolute atomic E-state index is 0.0370. The number of nitrogens with one attached hydrogen (secondary N) is 4. The second-order valence-corrected chi connectivity index (χ2v) is 8.76. The molecule has 4 unspecified atom stereocenters. The molecule has 0 bridgehead atoms. The highest BCUT2D eigenvalue weighted by Crippen LogP contribution is 2.11. The van der Waals surface area contributed by atoms with Crippen LogP contribution in [-0.4, -0.2) is 84.9 Å². The van der Waals surface area contributed by atoms with E-state index in [0.29, 0.717) is 11.3 Å². The number of carboxylic acid groups (broad SMARTS) is 2.